The van der Waals surface area contributed by atoms with Crippen LogP contribution in [0.5, 0.6) is 0 Å². The molecule has 0 amide bonds. The van der Waals surface area contributed by atoms with Crippen molar-refractivity contribution in [2.45, 2.75) is 45.5 Å². The van der Waals surface area contributed by atoms with E-state index < -0.39 is 8.32 Å². The van der Waals surface area contributed by atoms with E-state index in [1.54, 1.807) is 0 Å². The van der Waals surface area contributed by atoms with Crippen molar-refractivity contribution in [3.05, 3.63) is 30.1 Å². The lowest BCUT2D eigenvalue weighted by Gasteiger charge is -2.36. The maximum atomic E-state index is 6.06. The first kappa shape index (κ1) is 12.4. The summed E-state index contributed by atoms with van der Waals surface area (Å²) in [6.45, 7) is 11.9. The molecule has 0 aromatic carbocycles. The molecule has 0 saturated heterocycles. The quantitative estimate of drug-likeness (QED) is 0.731. The lowest BCUT2D eigenvalue weighted by Crippen LogP contribution is -2.40. The van der Waals surface area contributed by atoms with Crippen molar-refractivity contribution in [3.63, 3.8) is 0 Å². The van der Waals surface area contributed by atoms with Crippen LogP contribution in [-0.2, 0) is 11.0 Å². The zero-order valence-corrected chi connectivity index (χ0v) is 11.3. The summed E-state index contributed by atoms with van der Waals surface area (Å²) in [5.41, 5.74) is 1.12. The van der Waals surface area contributed by atoms with Crippen LogP contribution >= 0.6 is 0 Å². The van der Waals surface area contributed by atoms with Gasteiger partial charge >= 0.3 is 0 Å². The smallest absolute Gasteiger partial charge is 0.192 e. The van der Waals surface area contributed by atoms with E-state index in [0.29, 0.717) is 6.61 Å². The van der Waals surface area contributed by atoms with Gasteiger partial charge in [-0.15, -0.1) is 0 Å². The average molecular weight is 222 g/mol. The molecule has 0 fully saturated rings. The Kier molecular flexibility index (Phi) is 3.68. The van der Waals surface area contributed by atoms with Gasteiger partial charge in [-0.05, 0) is 29.8 Å². The standard InChI is InChI=1S/C12H20NOSi/c1-12(2,3)15(4,5)14-10-11-7-6-8-13-9-11/h6-7,9H,10H2,1-5H3. The van der Waals surface area contributed by atoms with Crippen LogP contribution in [0.2, 0.25) is 18.1 Å². The van der Waals surface area contributed by atoms with E-state index in [0.717, 1.165) is 5.56 Å². The highest BCUT2D eigenvalue weighted by molar-refractivity contribution is 6.74. The summed E-state index contributed by atoms with van der Waals surface area (Å²) in [7, 11) is -1.63. The molecule has 0 bridgehead atoms. The third kappa shape index (κ3) is 3.43. The number of nitrogens with zero attached hydrogens (tertiary/aromatic N) is 1. The highest BCUT2D eigenvalue weighted by Crippen LogP contribution is 2.36. The van der Waals surface area contributed by atoms with Gasteiger partial charge in [0.25, 0.3) is 0 Å². The monoisotopic (exact) mass is 222 g/mol. The van der Waals surface area contributed by atoms with E-state index in [1.165, 1.54) is 0 Å². The first-order valence-electron chi connectivity index (χ1n) is 5.28. The third-order valence-electron chi connectivity index (χ3n) is 3.08. The summed E-state index contributed by atoms with van der Waals surface area (Å²) in [4.78, 5) is 3.96. The normalized spacial score (nSPS) is 12.9. The fraction of sp³-hybridized carbons (Fsp3) is 0.583. The molecule has 0 aliphatic heterocycles. The first-order chi connectivity index (χ1) is 6.83. The van der Waals surface area contributed by atoms with Crippen molar-refractivity contribution in [2.24, 2.45) is 0 Å². The molecule has 0 aliphatic carbocycles. The van der Waals surface area contributed by atoms with Crippen LogP contribution in [0, 0.1) is 6.20 Å². The van der Waals surface area contributed by atoms with Crippen LogP contribution in [0.4, 0.5) is 0 Å². The zero-order chi connectivity index (χ0) is 11.5. The molecule has 1 radical (unpaired) electrons. The Morgan fingerprint density at radius 1 is 1.40 bits per heavy atom. The number of hydrogen-bond donors (Lipinski definition) is 0. The molecule has 1 aromatic rings. The fourth-order valence-electron chi connectivity index (χ4n) is 0.916. The first-order valence-corrected chi connectivity index (χ1v) is 8.19. The summed E-state index contributed by atoms with van der Waals surface area (Å²) < 4.78 is 6.06. The highest BCUT2D eigenvalue weighted by atomic mass is 28.4. The largest absolute Gasteiger partial charge is 0.413 e. The SMILES string of the molecule is CC(C)(C)[Si](C)(C)OCc1cc[c]nc1. The maximum absolute atomic E-state index is 6.06. The van der Waals surface area contributed by atoms with Gasteiger partial charge in [-0.2, -0.15) is 0 Å². The summed E-state index contributed by atoms with van der Waals surface area (Å²) in [6, 6.07) is 3.82. The summed E-state index contributed by atoms with van der Waals surface area (Å²) in [5.74, 6) is 0. The molecule has 0 spiro atoms. The van der Waals surface area contributed by atoms with Crippen LogP contribution in [0.1, 0.15) is 26.3 Å². The molecule has 0 unspecified atom stereocenters. The Morgan fingerprint density at radius 3 is 2.53 bits per heavy atom. The van der Waals surface area contributed by atoms with E-state index in [4.69, 9.17) is 4.43 Å². The average Bonchev–Trinajstić information content (AvgIpc) is 2.15. The molecule has 1 heterocycles. The van der Waals surface area contributed by atoms with E-state index in [-0.39, 0.29) is 5.04 Å². The van der Waals surface area contributed by atoms with Crippen molar-refractivity contribution in [1.29, 1.82) is 0 Å². The predicted molar refractivity (Wildman–Crippen MR) is 65.1 cm³/mol. The Balaban J connectivity index is 2.58. The van der Waals surface area contributed by atoms with Crippen LogP contribution in [-0.4, -0.2) is 13.3 Å². The molecule has 0 saturated carbocycles. The minimum absolute atomic E-state index is 0.265. The van der Waals surface area contributed by atoms with Gasteiger partial charge in [-0.1, -0.05) is 26.8 Å². The molecule has 2 nitrogen and oxygen atoms in total. The van der Waals surface area contributed by atoms with E-state index >= 15 is 0 Å². The van der Waals surface area contributed by atoms with E-state index in [2.05, 4.69) is 45.0 Å². The topological polar surface area (TPSA) is 22.1 Å². The van der Waals surface area contributed by atoms with Crippen LogP contribution in [0.15, 0.2) is 18.3 Å². The minimum atomic E-state index is -1.63. The van der Waals surface area contributed by atoms with Crippen molar-refractivity contribution < 1.29 is 4.43 Å². The van der Waals surface area contributed by atoms with Crippen molar-refractivity contribution in [1.82, 2.24) is 4.98 Å². The lowest BCUT2D eigenvalue weighted by atomic mass is 10.2. The molecule has 83 valence electrons. The Morgan fingerprint density at radius 2 is 2.07 bits per heavy atom. The van der Waals surface area contributed by atoms with Gasteiger partial charge in [-0.25, -0.2) is 0 Å². The second-order valence-electron chi connectivity index (χ2n) is 5.34. The van der Waals surface area contributed by atoms with Gasteiger partial charge in [-0.3, -0.25) is 4.98 Å². The van der Waals surface area contributed by atoms with Gasteiger partial charge < -0.3 is 4.43 Å². The zero-order valence-electron chi connectivity index (χ0n) is 10.3. The van der Waals surface area contributed by atoms with Gasteiger partial charge in [0.2, 0.25) is 0 Å². The molecule has 0 N–H and O–H groups in total. The number of hydrogen-bond acceptors (Lipinski definition) is 2. The summed E-state index contributed by atoms with van der Waals surface area (Å²) >= 11 is 0. The van der Waals surface area contributed by atoms with E-state index in [9.17, 15) is 0 Å². The molecule has 0 atom stereocenters. The van der Waals surface area contributed by atoms with E-state index in [1.807, 2.05) is 18.3 Å². The van der Waals surface area contributed by atoms with Crippen LogP contribution in [0.25, 0.3) is 0 Å². The fourth-order valence-corrected chi connectivity index (χ4v) is 1.88. The molecule has 3 heteroatoms. The molecule has 1 rings (SSSR count). The van der Waals surface area contributed by atoms with Gasteiger partial charge in [0.05, 0.1) is 12.8 Å². The van der Waals surface area contributed by atoms with Crippen molar-refractivity contribution >= 4 is 8.32 Å². The van der Waals surface area contributed by atoms with Gasteiger partial charge in [0.1, 0.15) is 0 Å². The van der Waals surface area contributed by atoms with Crippen LogP contribution in [0.3, 0.4) is 0 Å². The Bertz CT molecular complexity index is 303. The molecule has 15 heavy (non-hydrogen) atoms. The van der Waals surface area contributed by atoms with Crippen LogP contribution < -0.4 is 0 Å². The Labute approximate surface area is 93.8 Å². The van der Waals surface area contributed by atoms with Crippen molar-refractivity contribution in [3.8, 4) is 0 Å². The van der Waals surface area contributed by atoms with Crippen molar-refractivity contribution in [2.75, 3.05) is 0 Å². The van der Waals surface area contributed by atoms with Gasteiger partial charge in [0.15, 0.2) is 8.32 Å². The molecule has 1 aromatic heterocycles. The summed E-state index contributed by atoms with van der Waals surface area (Å²) in [5, 5.41) is 0.265. The molecule has 0 aliphatic rings. The number of pyridine rings is 1. The second kappa shape index (κ2) is 4.45. The second-order valence-corrected chi connectivity index (χ2v) is 10.2. The molecular weight excluding hydrogens is 202 g/mol. The number of aromatic nitrogens is 1. The summed E-state index contributed by atoms with van der Waals surface area (Å²) in [6.07, 6.45) is 4.58. The molecular formula is C12H20NOSi. The highest BCUT2D eigenvalue weighted by Gasteiger charge is 2.36. The van der Waals surface area contributed by atoms with Gasteiger partial charge in [0, 0.05) is 6.20 Å². The minimum Gasteiger partial charge on any atom is -0.413 e. The predicted octanol–water partition coefficient (Wildman–Crippen LogP) is 3.40. The number of rotatable bonds is 3. The Hall–Kier alpha value is -0.673. The third-order valence-corrected chi connectivity index (χ3v) is 7.56. The lowest BCUT2D eigenvalue weighted by molar-refractivity contribution is 0.276. The maximum Gasteiger partial charge on any atom is 0.192 e.